The van der Waals surface area contributed by atoms with Gasteiger partial charge in [-0.25, -0.2) is 4.79 Å². The van der Waals surface area contributed by atoms with E-state index in [1.807, 2.05) is 0 Å². The van der Waals surface area contributed by atoms with E-state index in [0.29, 0.717) is 10.8 Å². The van der Waals surface area contributed by atoms with Gasteiger partial charge in [-0.2, -0.15) is 0 Å². The van der Waals surface area contributed by atoms with E-state index in [1.165, 1.54) is 36.4 Å². The Morgan fingerprint density at radius 1 is 1.21 bits per heavy atom. The first-order chi connectivity index (χ1) is 13.0. The second-order valence-electron chi connectivity index (χ2n) is 4.01. The largest absolute Gasteiger partial charge is 0.478 e. The molecule has 0 fully saturated rings. The van der Waals surface area contributed by atoms with Crippen LogP contribution in [0.5, 0.6) is 0 Å². The van der Waals surface area contributed by atoms with Crippen LogP contribution in [0.25, 0.3) is 10.8 Å². The standard InChI is InChI=1S/C16H19NO2/c1-3-17(4-2)11-12-5-6-14-10-15(16(18)19)8-7-13(14)9-12/h5-10H,3-4,11H2,1-2H3,(H,18,19)/i1D3,2D3,3D2,4D2. The monoisotopic (exact) mass is 267 g/mol. The van der Waals surface area contributed by atoms with Gasteiger partial charge in [0.05, 0.1) is 5.56 Å². The average Bonchev–Trinajstić information content (AvgIpc) is 2.56. The molecular weight excluding hydrogens is 238 g/mol. The van der Waals surface area contributed by atoms with Gasteiger partial charge in [0.25, 0.3) is 0 Å². The van der Waals surface area contributed by atoms with Crippen LogP contribution in [0.15, 0.2) is 36.4 Å². The summed E-state index contributed by atoms with van der Waals surface area (Å²) in [6.07, 6.45) is 0. The van der Waals surface area contributed by atoms with Crippen LogP contribution in [0.3, 0.4) is 0 Å². The summed E-state index contributed by atoms with van der Waals surface area (Å²) in [5.41, 5.74) is 0.325. The van der Waals surface area contributed by atoms with Crippen molar-refractivity contribution in [3.05, 3.63) is 47.5 Å². The van der Waals surface area contributed by atoms with Crippen LogP contribution in [-0.4, -0.2) is 29.0 Å². The van der Waals surface area contributed by atoms with Gasteiger partial charge in [-0.3, -0.25) is 4.90 Å². The lowest BCUT2D eigenvalue weighted by molar-refractivity contribution is 0.0697. The molecule has 0 saturated carbocycles. The molecule has 2 aromatic rings. The lowest BCUT2D eigenvalue weighted by Gasteiger charge is -2.18. The van der Waals surface area contributed by atoms with E-state index in [-0.39, 0.29) is 16.0 Å². The predicted molar refractivity (Wildman–Crippen MR) is 77.5 cm³/mol. The Kier molecular flexibility index (Phi) is 1.73. The Hall–Kier alpha value is -1.87. The fourth-order valence-corrected chi connectivity index (χ4v) is 1.82. The quantitative estimate of drug-likeness (QED) is 0.903. The maximum atomic E-state index is 11.1. The van der Waals surface area contributed by atoms with Gasteiger partial charge in [-0.05, 0) is 47.5 Å². The van der Waals surface area contributed by atoms with Crippen LogP contribution in [-0.2, 0) is 6.54 Å². The molecule has 2 rings (SSSR count). The zero-order valence-corrected chi connectivity index (χ0v) is 9.97. The highest BCUT2D eigenvalue weighted by Gasteiger charge is 2.05. The summed E-state index contributed by atoms with van der Waals surface area (Å²) in [7, 11) is 0. The number of carboxylic acid groups (broad SMARTS) is 1. The van der Waals surface area contributed by atoms with Crippen molar-refractivity contribution < 1.29 is 23.6 Å². The van der Waals surface area contributed by atoms with E-state index >= 15 is 0 Å². The van der Waals surface area contributed by atoms with Gasteiger partial charge >= 0.3 is 5.97 Å². The highest BCUT2D eigenvalue weighted by molar-refractivity contribution is 5.94. The zero-order valence-electron chi connectivity index (χ0n) is 20.0. The van der Waals surface area contributed by atoms with Crippen molar-refractivity contribution >= 4 is 16.7 Å². The number of nitrogens with zero attached hydrogens (tertiary/aromatic N) is 1. The van der Waals surface area contributed by atoms with Crippen molar-refractivity contribution in [3.8, 4) is 0 Å². The van der Waals surface area contributed by atoms with Crippen LogP contribution in [0.4, 0.5) is 0 Å². The van der Waals surface area contributed by atoms with Gasteiger partial charge in [0, 0.05) is 20.3 Å². The summed E-state index contributed by atoms with van der Waals surface area (Å²) in [6.45, 7) is -13.8. The van der Waals surface area contributed by atoms with Crippen LogP contribution in [0, 0.1) is 0 Å². The summed E-state index contributed by atoms with van der Waals surface area (Å²) in [5.74, 6) is -1.11. The molecular formula is C16H19NO2. The lowest BCUT2D eigenvalue weighted by Crippen LogP contribution is -2.21. The van der Waals surface area contributed by atoms with E-state index in [2.05, 4.69) is 0 Å². The Labute approximate surface area is 127 Å². The molecule has 2 aromatic carbocycles. The third-order valence-electron chi connectivity index (χ3n) is 2.76. The molecule has 3 heteroatoms. The van der Waals surface area contributed by atoms with Gasteiger partial charge < -0.3 is 5.11 Å². The van der Waals surface area contributed by atoms with Crippen molar-refractivity contribution in [1.29, 1.82) is 0 Å². The molecule has 0 aliphatic rings. The first kappa shape index (κ1) is 5.63. The van der Waals surface area contributed by atoms with Gasteiger partial charge in [0.15, 0.2) is 0 Å². The molecule has 0 heterocycles. The molecule has 0 unspecified atom stereocenters. The minimum absolute atomic E-state index is 0.0596. The molecule has 0 spiro atoms. The molecule has 100 valence electrons. The molecule has 19 heavy (non-hydrogen) atoms. The third-order valence-corrected chi connectivity index (χ3v) is 2.76. The summed E-state index contributed by atoms with van der Waals surface area (Å²) in [5, 5.41) is 10.2. The minimum atomic E-state index is -3.31. The second kappa shape index (κ2) is 5.85. The number of hydrogen-bond donors (Lipinski definition) is 1. The Balaban J connectivity index is 2.53. The SMILES string of the molecule is [2H]C([2H])([2H])C([2H])([2H])N(Cc1ccc2cc(C(=O)O)ccc2c1)C([2H])([2H])C([2H])([2H])[2H]. The molecule has 0 aromatic heterocycles. The maximum Gasteiger partial charge on any atom is 0.335 e. The average molecular weight is 267 g/mol. The van der Waals surface area contributed by atoms with Crippen molar-refractivity contribution in [3.63, 3.8) is 0 Å². The number of carbonyl (C=O) groups is 1. The molecule has 0 amide bonds. The molecule has 0 aliphatic carbocycles. The smallest absolute Gasteiger partial charge is 0.335 e. The van der Waals surface area contributed by atoms with Crippen LogP contribution < -0.4 is 0 Å². The highest BCUT2D eigenvalue weighted by atomic mass is 16.4. The summed E-state index contributed by atoms with van der Waals surface area (Å²) >= 11 is 0. The van der Waals surface area contributed by atoms with Gasteiger partial charge in [0.2, 0.25) is 0 Å². The fraction of sp³-hybridized carbons (Fsp3) is 0.312. The Morgan fingerprint density at radius 3 is 2.58 bits per heavy atom. The first-order valence-corrected chi connectivity index (χ1v) is 5.52. The molecule has 1 N–H and O–H groups in total. The molecule has 0 radical (unpaired) electrons. The van der Waals surface area contributed by atoms with Crippen LogP contribution in [0.1, 0.15) is 43.3 Å². The zero-order chi connectivity index (χ0) is 22.4. The molecule has 0 saturated heterocycles. The normalized spacial score (nSPS) is 21.7. The number of benzene rings is 2. The minimum Gasteiger partial charge on any atom is -0.478 e. The topological polar surface area (TPSA) is 40.5 Å². The number of fused-ring (bicyclic) bond motifs is 1. The molecule has 0 atom stereocenters. The van der Waals surface area contributed by atoms with Crippen molar-refractivity contribution in [2.45, 2.75) is 20.2 Å². The molecule has 3 nitrogen and oxygen atoms in total. The third kappa shape index (κ3) is 3.12. The molecule has 0 bridgehead atoms. The predicted octanol–water partition coefficient (Wildman–Crippen LogP) is 3.38. The van der Waals surface area contributed by atoms with E-state index in [0.717, 1.165) is 0 Å². The number of rotatable bonds is 5. The highest BCUT2D eigenvalue weighted by Crippen LogP contribution is 2.19. The maximum absolute atomic E-state index is 11.1. The number of hydrogen-bond acceptors (Lipinski definition) is 2. The Bertz CT molecular complexity index is 894. The van der Waals surface area contributed by atoms with E-state index in [4.69, 9.17) is 18.8 Å². The van der Waals surface area contributed by atoms with Crippen molar-refractivity contribution in [2.75, 3.05) is 13.0 Å². The lowest BCUT2D eigenvalue weighted by atomic mass is 10.0. The summed E-state index contributed by atoms with van der Waals surface area (Å²) < 4.78 is 76.3. The second-order valence-corrected chi connectivity index (χ2v) is 4.01. The van der Waals surface area contributed by atoms with E-state index in [9.17, 15) is 4.79 Å². The van der Waals surface area contributed by atoms with Crippen molar-refractivity contribution in [2.24, 2.45) is 0 Å². The van der Waals surface area contributed by atoms with Crippen molar-refractivity contribution in [1.82, 2.24) is 4.90 Å². The number of aromatic carboxylic acids is 1. The van der Waals surface area contributed by atoms with Gasteiger partial charge in [-0.1, -0.05) is 31.9 Å². The van der Waals surface area contributed by atoms with E-state index < -0.39 is 39.2 Å². The van der Waals surface area contributed by atoms with Gasteiger partial charge in [-0.15, -0.1) is 0 Å². The van der Waals surface area contributed by atoms with Gasteiger partial charge in [0.1, 0.15) is 0 Å². The van der Waals surface area contributed by atoms with Crippen LogP contribution in [0.2, 0.25) is 0 Å². The van der Waals surface area contributed by atoms with E-state index in [1.54, 1.807) is 0 Å². The summed E-state index contributed by atoms with van der Waals surface area (Å²) in [6, 6.07) is 8.73. The van der Waals surface area contributed by atoms with Crippen LogP contribution >= 0.6 is 0 Å². The first-order valence-electron chi connectivity index (χ1n) is 10.5. The number of carboxylic acids is 1. The fourth-order valence-electron chi connectivity index (χ4n) is 1.82. The Morgan fingerprint density at radius 2 is 1.89 bits per heavy atom. The molecule has 0 aliphatic heterocycles. The summed E-state index contributed by atoms with van der Waals surface area (Å²) in [4.78, 5) is 11.3.